The molecule has 1 saturated heterocycles. The van der Waals surface area contributed by atoms with Crippen LogP contribution >= 0.6 is 11.6 Å². The lowest BCUT2D eigenvalue weighted by Gasteiger charge is -2.38. The van der Waals surface area contributed by atoms with E-state index in [0.717, 1.165) is 34.8 Å². The van der Waals surface area contributed by atoms with Crippen LogP contribution in [0.2, 0.25) is 5.02 Å². The fourth-order valence-corrected chi connectivity index (χ4v) is 3.89. The minimum Gasteiger partial charge on any atom is -0.491 e. The molecule has 1 aliphatic heterocycles. The van der Waals surface area contributed by atoms with Gasteiger partial charge in [0, 0.05) is 24.8 Å². The van der Waals surface area contributed by atoms with E-state index in [9.17, 15) is 9.90 Å². The van der Waals surface area contributed by atoms with Gasteiger partial charge in [0.05, 0.1) is 17.9 Å². The number of aromatic nitrogens is 2. The van der Waals surface area contributed by atoms with Crippen LogP contribution in [0, 0.1) is 20.8 Å². The van der Waals surface area contributed by atoms with Crippen LogP contribution in [-0.4, -0.2) is 57.5 Å². The zero-order chi connectivity index (χ0) is 21.2. The Bertz CT molecular complexity index is 875. The number of rotatable bonds is 6. The monoisotopic (exact) mass is 420 g/mol. The normalized spacial score (nSPS) is 19.9. The van der Waals surface area contributed by atoms with Crippen molar-refractivity contribution in [3.05, 3.63) is 40.2 Å². The van der Waals surface area contributed by atoms with Crippen molar-refractivity contribution in [1.82, 2.24) is 14.7 Å². The predicted molar refractivity (Wildman–Crippen MR) is 114 cm³/mol. The lowest BCUT2D eigenvalue weighted by atomic mass is 9.93. The zero-order valence-corrected chi connectivity index (χ0v) is 18.2. The molecule has 2 aromatic rings. The SMILES string of the molecule is Cc1cc(OCC2(O)CCCN(CC(=O)Nc3cn(C)nc3C)C2)cc(C)c1Cl. The van der Waals surface area contributed by atoms with E-state index < -0.39 is 5.60 Å². The van der Waals surface area contributed by atoms with Gasteiger partial charge in [-0.25, -0.2) is 0 Å². The fourth-order valence-electron chi connectivity index (χ4n) is 3.78. The van der Waals surface area contributed by atoms with Gasteiger partial charge in [0.15, 0.2) is 0 Å². The highest BCUT2D eigenvalue weighted by Gasteiger charge is 2.35. The first-order valence-corrected chi connectivity index (χ1v) is 10.2. The molecule has 0 spiro atoms. The van der Waals surface area contributed by atoms with E-state index in [4.69, 9.17) is 16.3 Å². The molecule has 7 nitrogen and oxygen atoms in total. The number of anilines is 1. The summed E-state index contributed by atoms with van der Waals surface area (Å²) >= 11 is 6.21. The van der Waals surface area contributed by atoms with Gasteiger partial charge in [-0.3, -0.25) is 14.4 Å². The Balaban J connectivity index is 1.56. The number of aliphatic hydroxyl groups is 1. The number of ether oxygens (including phenoxy) is 1. The Morgan fingerprint density at radius 3 is 2.66 bits per heavy atom. The second-order valence-corrected chi connectivity index (χ2v) is 8.43. The second-order valence-electron chi connectivity index (χ2n) is 8.05. The Labute approximate surface area is 176 Å². The van der Waals surface area contributed by atoms with E-state index in [0.29, 0.717) is 24.4 Å². The van der Waals surface area contributed by atoms with Crippen LogP contribution in [0.25, 0.3) is 0 Å². The highest BCUT2D eigenvalue weighted by atomic mass is 35.5. The summed E-state index contributed by atoms with van der Waals surface area (Å²) in [6.07, 6.45) is 3.22. The van der Waals surface area contributed by atoms with Gasteiger partial charge in [0.2, 0.25) is 5.91 Å². The lowest BCUT2D eigenvalue weighted by Crippen LogP contribution is -2.53. The molecule has 3 rings (SSSR count). The van der Waals surface area contributed by atoms with Crippen molar-refractivity contribution in [1.29, 1.82) is 0 Å². The first-order valence-electron chi connectivity index (χ1n) is 9.79. The summed E-state index contributed by atoms with van der Waals surface area (Å²) in [6.45, 7) is 7.26. The molecule has 1 fully saturated rings. The van der Waals surface area contributed by atoms with Crippen molar-refractivity contribution in [3.8, 4) is 5.75 Å². The molecule has 2 heterocycles. The summed E-state index contributed by atoms with van der Waals surface area (Å²) in [5.74, 6) is 0.579. The predicted octanol–water partition coefficient (Wildman–Crippen LogP) is 2.84. The summed E-state index contributed by atoms with van der Waals surface area (Å²) in [7, 11) is 1.82. The van der Waals surface area contributed by atoms with E-state index in [1.807, 2.05) is 44.9 Å². The standard InChI is InChI=1S/C21H29ClN4O3/c1-14-8-17(9-15(2)20(14)22)29-13-21(28)6-5-7-26(12-21)11-19(27)23-18-10-25(4)24-16(18)3/h8-10,28H,5-7,11-13H2,1-4H3,(H,23,27). The molecule has 1 amide bonds. The third kappa shape index (κ3) is 5.50. The average Bonchev–Trinajstić information content (AvgIpc) is 2.94. The van der Waals surface area contributed by atoms with Gasteiger partial charge in [-0.15, -0.1) is 0 Å². The number of piperidine rings is 1. The minimum absolute atomic E-state index is 0.116. The van der Waals surface area contributed by atoms with Crippen molar-refractivity contribution in [2.45, 2.75) is 39.2 Å². The number of likely N-dealkylation sites (tertiary alicyclic amines) is 1. The van der Waals surface area contributed by atoms with E-state index in [1.54, 1.807) is 10.9 Å². The van der Waals surface area contributed by atoms with Crippen LogP contribution in [0.15, 0.2) is 18.3 Å². The maximum Gasteiger partial charge on any atom is 0.238 e. The first-order chi connectivity index (χ1) is 13.6. The van der Waals surface area contributed by atoms with E-state index in [1.165, 1.54) is 0 Å². The highest BCUT2D eigenvalue weighted by Crippen LogP contribution is 2.28. The number of halogens is 1. The number of amides is 1. The molecular formula is C21H29ClN4O3. The van der Waals surface area contributed by atoms with Gasteiger partial charge < -0.3 is 15.2 Å². The van der Waals surface area contributed by atoms with Gasteiger partial charge in [0.1, 0.15) is 18.0 Å². The molecule has 0 bridgehead atoms. The zero-order valence-electron chi connectivity index (χ0n) is 17.5. The molecule has 0 aliphatic carbocycles. The molecule has 1 atom stereocenters. The lowest BCUT2D eigenvalue weighted by molar-refractivity contribution is -0.119. The number of nitrogens with one attached hydrogen (secondary N) is 1. The van der Waals surface area contributed by atoms with Crippen LogP contribution in [0.5, 0.6) is 5.75 Å². The Hall–Kier alpha value is -2.09. The molecule has 1 aliphatic rings. The molecule has 0 saturated carbocycles. The highest BCUT2D eigenvalue weighted by molar-refractivity contribution is 6.32. The van der Waals surface area contributed by atoms with Crippen molar-refractivity contribution < 1.29 is 14.6 Å². The molecule has 1 unspecified atom stereocenters. The van der Waals surface area contributed by atoms with Crippen LogP contribution < -0.4 is 10.1 Å². The number of β-amino-alcohol motifs (C(OH)–C–C–N with tert-alkyl or cyclic N) is 1. The molecule has 2 N–H and O–H groups in total. The van der Waals surface area contributed by atoms with Crippen molar-refractivity contribution in [2.24, 2.45) is 7.05 Å². The summed E-state index contributed by atoms with van der Waals surface area (Å²) < 4.78 is 7.55. The van der Waals surface area contributed by atoms with Crippen LogP contribution in [-0.2, 0) is 11.8 Å². The molecular weight excluding hydrogens is 392 g/mol. The van der Waals surface area contributed by atoms with E-state index in [2.05, 4.69) is 10.4 Å². The maximum atomic E-state index is 12.4. The van der Waals surface area contributed by atoms with Crippen molar-refractivity contribution >= 4 is 23.2 Å². The second kappa shape index (κ2) is 8.73. The third-order valence-corrected chi connectivity index (χ3v) is 5.80. The molecule has 158 valence electrons. The summed E-state index contributed by atoms with van der Waals surface area (Å²) in [6, 6.07) is 3.76. The molecule has 0 radical (unpaired) electrons. The van der Waals surface area contributed by atoms with Crippen molar-refractivity contribution in [2.75, 3.05) is 31.6 Å². The average molecular weight is 421 g/mol. The van der Waals surface area contributed by atoms with Gasteiger partial charge in [0.25, 0.3) is 0 Å². The van der Waals surface area contributed by atoms with E-state index >= 15 is 0 Å². The molecule has 29 heavy (non-hydrogen) atoms. The number of carbonyl (C=O) groups is 1. The van der Waals surface area contributed by atoms with Gasteiger partial charge in [-0.2, -0.15) is 5.10 Å². The number of hydrogen-bond acceptors (Lipinski definition) is 5. The van der Waals surface area contributed by atoms with Gasteiger partial charge in [-0.05, 0) is 63.4 Å². The summed E-state index contributed by atoms with van der Waals surface area (Å²) in [5, 5.41) is 18.9. The molecule has 1 aromatic heterocycles. The van der Waals surface area contributed by atoms with Gasteiger partial charge in [-0.1, -0.05) is 11.6 Å². The van der Waals surface area contributed by atoms with Crippen LogP contribution in [0.1, 0.15) is 29.7 Å². The van der Waals surface area contributed by atoms with Crippen LogP contribution in [0.4, 0.5) is 5.69 Å². The Kier molecular flexibility index (Phi) is 6.51. The topological polar surface area (TPSA) is 79.6 Å². The van der Waals surface area contributed by atoms with Crippen LogP contribution in [0.3, 0.4) is 0 Å². The molecule has 8 heteroatoms. The maximum absolute atomic E-state index is 12.4. The molecule has 1 aromatic carbocycles. The first kappa shape index (κ1) is 21.6. The largest absolute Gasteiger partial charge is 0.491 e. The van der Waals surface area contributed by atoms with Gasteiger partial charge >= 0.3 is 0 Å². The quantitative estimate of drug-likeness (QED) is 0.751. The Morgan fingerprint density at radius 2 is 2.03 bits per heavy atom. The fraction of sp³-hybridized carbons (Fsp3) is 0.524. The summed E-state index contributed by atoms with van der Waals surface area (Å²) in [4.78, 5) is 14.4. The smallest absolute Gasteiger partial charge is 0.238 e. The summed E-state index contributed by atoms with van der Waals surface area (Å²) in [5.41, 5.74) is 2.38. The van der Waals surface area contributed by atoms with E-state index in [-0.39, 0.29) is 19.1 Å². The minimum atomic E-state index is -0.996. The Morgan fingerprint density at radius 1 is 1.34 bits per heavy atom. The van der Waals surface area contributed by atoms with Crippen molar-refractivity contribution in [3.63, 3.8) is 0 Å². The number of aryl methyl sites for hydroxylation is 4. The number of carbonyl (C=O) groups excluding carboxylic acids is 1. The number of hydrogen-bond donors (Lipinski definition) is 2. The third-order valence-electron chi connectivity index (χ3n) is 5.21. The number of benzene rings is 1. The number of nitrogens with zero attached hydrogens (tertiary/aromatic N) is 3.